The minimum Gasteiger partial charge on any atom is -0.315 e. The Bertz CT molecular complexity index is 319. The highest BCUT2D eigenvalue weighted by Gasteiger charge is 2.33. The average molecular weight is 235 g/mol. The van der Waals surface area contributed by atoms with Crippen LogP contribution in [0.5, 0.6) is 0 Å². The lowest BCUT2D eigenvalue weighted by Gasteiger charge is -2.14. The quantitative estimate of drug-likeness (QED) is 0.848. The van der Waals surface area contributed by atoms with E-state index in [0.717, 1.165) is 18.9 Å². The average Bonchev–Trinajstić information content (AvgIpc) is 2.65. The van der Waals surface area contributed by atoms with Crippen LogP contribution in [0.15, 0.2) is 12.3 Å². The van der Waals surface area contributed by atoms with Crippen LogP contribution in [-0.2, 0) is 12.7 Å². The fraction of sp³-hybridized carbons (Fsp3) is 0.700. The SMILES string of the molecule is CCCC(Cn1ccc(C(F)(F)F)n1)NC. The fourth-order valence-corrected chi connectivity index (χ4v) is 1.52. The molecule has 0 amide bonds. The molecule has 3 nitrogen and oxygen atoms in total. The number of halogens is 3. The van der Waals surface area contributed by atoms with E-state index >= 15 is 0 Å². The molecule has 1 rings (SSSR count). The van der Waals surface area contributed by atoms with Gasteiger partial charge >= 0.3 is 6.18 Å². The van der Waals surface area contributed by atoms with E-state index in [4.69, 9.17) is 0 Å². The zero-order valence-corrected chi connectivity index (χ0v) is 9.38. The fourth-order valence-electron chi connectivity index (χ4n) is 1.52. The van der Waals surface area contributed by atoms with Crippen molar-refractivity contribution in [2.24, 2.45) is 0 Å². The van der Waals surface area contributed by atoms with Crippen LogP contribution < -0.4 is 5.32 Å². The molecule has 0 aliphatic carbocycles. The molecule has 92 valence electrons. The van der Waals surface area contributed by atoms with Gasteiger partial charge < -0.3 is 5.32 Å². The van der Waals surface area contributed by atoms with Crippen molar-refractivity contribution < 1.29 is 13.2 Å². The lowest BCUT2D eigenvalue weighted by Crippen LogP contribution is -2.30. The number of aromatic nitrogens is 2. The Balaban J connectivity index is 2.64. The molecular weight excluding hydrogens is 219 g/mol. The molecule has 0 aliphatic rings. The first-order valence-corrected chi connectivity index (χ1v) is 5.25. The van der Waals surface area contributed by atoms with E-state index in [1.807, 2.05) is 6.92 Å². The molecule has 0 radical (unpaired) electrons. The highest BCUT2D eigenvalue weighted by molar-refractivity contribution is 5.03. The molecule has 0 saturated heterocycles. The van der Waals surface area contributed by atoms with E-state index in [2.05, 4.69) is 10.4 Å². The molecule has 0 bridgehead atoms. The van der Waals surface area contributed by atoms with Gasteiger partial charge in [0.05, 0.1) is 6.54 Å². The number of hydrogen-bond acceptors (Lipinski definition) is 2. The monoisotopic (exact) mass is 235 g/mol. The predicted molar refractivity (Wildman–Crippen MR) is 55.0 cm³/mol. The van der Waals surface area contributed by atoms with Gasteiger partial charge in [-0.25, -0.2) is 0 Å². The second-order valence-corrected chi connectivity index (χ2v) is 3.70. The van der Waals surface area contributed by atoms with E-state index in [1.54, 1.807) is 7.05 Å². The third kappa shape index (κ3) is 3.52. The van der Waals surface area contributed by atoms with Crippen LogP contribution in [0.4, 0.5) is 13.2 Å². The van der Waals surface area contributed by atoms with Crippen molar-refractivity contribution in [3.8, 4) is 0 Å². The largest absolute Gasteiger partial charge is 0.435 e. The first-order valence-electron chi connectivity index (χ1n) is 5.25. The molecule has 0 aliphatic heterocycles. The van der Waals surface area contributed by atoms with E-state index in [1.165, 1.54) is 10.9 Å². The summed E-state index contributed by atoms with van der Waals surface area (Å²) >= 11 is 0. The van der Waals surface area contributed by atoms with Crippen molar-refractivity contribution in [2.45, 2.75) is 38.5 Å². The maximum atomic E-state index is 12.3. The van der Waals surface area contributed by atoms with Crippen LogP contribution in [-0.4, -0.2) is 22.9 Å². The molecule has 0 saturated carbocycles. The number of nitrogens with one attached hydrogen (secondary N) is 1. The molecule has 1 aromatic heterocycles. The third-order valence-corrected chi connectivity index (χ3v) is 2.38. The number of hydrogen-bond donors (Lipinski definition) is 1. The maximum absolute atomic E-state index is 12.3. The van der Waals surface area contributed by atoms with Crippen LogP contribution in [0, 0.1) is 0 Å². The summed E-state index contributed by atoms with van der Waals surface area (Å²) < 4.78 is 38.2. The topological polar surface area (TPSA) is 29.9 Å². The van der Waals surface area contributed by atoms with Crippen LogP contribution in [0.1, 0.15) is 25.5 Å². The third-order valence-electron chi connectivity index (χ3n) is 2.38. The Kier molecular flexibility index (Phi) is 4.35. The van der Waals surface area contributed by atoms with Crippen molar-refractivity contribution in [3.63, 3.8) is 0 Å². The zero-order valence-electron chi connectivity index (χ0n) is 9.38. The summed E-state index contributed by atoms with van der Waals surface area (Å²) in [5.41, 5.74) is -0.834. The Hall–Kier alpha value is -1.04. The molecule has 1 unspecified atom stereocenters. The summed E-state index contributed by atoms with van der Waals surface area (Å²) in [6.45, 7) is 2.50. The molecule has 6 heteroatoms. The number of rotatable bonds is 5. The molecular formula is C10H16F3N3. The van der Waals surface area contributed by atoms with Crippen molar-refractivity contribution in [3.05, 3.63) is 18.0 Å². The lowest BCUT2D eigenvalue weighted by atomic mass is 10.2. The van der Waals surface area contributed by atoms with Gasteiger partial charge in [0.25, 0.3) is 0 Å². The van der Waals surface area contributed by atoms with Gasteiger partial charge in [0.15, 0.2) is 5.69 Å². The molecule has 0 fully saturated rings. The van der Waals surface area contributed by atoms with Gasteiger partial charge in [0, 0.05) is 12.2 Å². The van der Waals surface area contributed by atoms with Gasteiger partial charge in [-0.15, -0.1) is 0 Å². The first kappa shape index (κ1) is 13.0. The van der Waals surface area contributed by atoms with Crippen LogP contribution in [0.3, 0.4) is 0 Å². The Morgan fingerprint density at radius 3 is 2.62 bits per heavy atom. The van der Waals surface area contributed by atoms with E-state index < -0.39 is 11.9 Å². The molecule has 0 spiro atoms. The Labute approximate surface area is 92.6 Å². The van der Waals surface area contributed by atoms with Crippen molar-refractivity contribution in [2.75, 3.05) is 7.05 Å². The Morgan fingerprint density at radius 1 is 1.50 bits per heavy atom. The summed E-state index contributed by atoms with van der Waals surface area (Å²) in [6, 6.07) is 1.16. The molecule has 1 atom stereocenters. The number of likely N-dealkylation sites (N-methyl/N-ethyl adjacent to an activating group) is 1. The second kappa shape index (κ2) is 5.34. The van der Waals surface area contributed by atoms with Crippen molar-refractivity contribution in [1.82, 2.24) is 15.1 Å². The summed E-state index contributed by atoms with van der Waals surface area (Å²) in [6.07, 6.45) is -1.09. The van der Waals surface area contributed by atoms with Gasteiger partial charge in [0.2, 0.25) is 0 Å². The van der Waals surface area contributed by atoms with Crippen LogP contribution in [0.2, 0.25) is 0 Å². The smallest absolute Gasteiger partial charge is 0.315 e. The predicted octanol–water partition coefficient (Wildman–Crippen LogP) is 2.29. The second-order valence-electron chi connectivity index (χ2n) is 3.70. The van der Waals surface area contributed by atoms with Crippen molar-refractivity contribution >= 4 is 0 Å². The summed E-state index contributed by atoms with van der Waals surface area (Å²) in [5.74, 6) is 0. The molecule has 1 heterocycles. The Morgan fingerprint density at radius 2 is 2.19 bits per heavy atom. The standard InChI is InChI=1S/C10H16F3N3/c1-3-4-8(14-2)7-16-6-5-9(15-16)10(11,12)13/h5-6,8,14H,3-4,7H2,1-2H3. The van der Waals surface area contributed by atoms with Gasteiger partial charge in [-0.2, -0.15) is 18.3 Å². The van der Waals surface area contributed by atoms with Crippen LogP contribution in [0.25, 0.3) is 0 Å². The van der Waals surface area contributed by atoms with E-state index in [9.17, 15) is 13.2 Å². The van der Waals surface area contributed by atoms with Crippen LogP contribution >= 0.6 is 0 Å². The summed E-state index contributed by atoms with van der Waals surface area (Å²) in [4.78, 5) is 0. The summed E-state index contributed by atoms with van der Waals surface area (Å²) in [7, 11) is 1.80. The zero-order chi connectivity index (χ0) is 12.2. The van der Waals surface area contributed by atoms with Gasteiger partial charge in [-0.1, -0.05) is 13.3 Å². The molecule has 1 N–H and O–H groups in total. The highest BCUT2D eigenvalue weighted by atomic mass is 19.4. The minimum absolute atomic E-state index is 0.158. The number of alkyl halides is 3. The first-order chi connectivity index (χ1) is 7.47. The van der Waals surface area contributed by atoms with Crippen molar-refractivity contribution in [1.29, 1.82) is 0 Å². The highest BCUT2D eigenvalue weighted by Crippen LogP contribution is 2.27. The maximum Gasteiger partial charge on any atom is 0.435 e. The van der Waals surface area contributed by atoms with Gasteiger partial charge in [-0.05, 0) is 19.5 Å². The van der Waals surface area contributed by atoms with Gasteiger partial charge in [0.1, 0.15) is 0 Å². The molecule has 0 aromatic carbocycles. The van der Waals surface area contributed by atoms with Gasteiger partial charge in [-0.3, -0.25) is 4.68 Å². The lowest BCUT2D eigenvalue weighted by molar-refractivity contribution is -0.141. The molecule has 1 aromatic rings. The molecule has 16 heavy (non-hydrogen) atoms. The van der Waals surface area contributed by atoms with E-state index in [-0.39, 0.29) is 6.04 Å². The normalized spacial score (nSPS) is 14.1. The summed E-state index contributed by atoms with van der Waals surface area (Å²) in [5, 5.41) is 6.56. The van der Waals surface area contributed by atoms with E-state index in [0.29, 0.717) is 6.54 Å². The minimum atomic E-state index is -4.36. The number of nitrogens with zero attached hydrogens (tertiary/aromatic N) is 2.